The van der Waals surface area contributed by atoms with Gasteiger partial charge in [-0.2, -0.15) is 5.10 Å². The first-order valence-corrected chi connectivity index (χ1v) is 11.3. The summed E-state index contributed by atoms with van der Waals surface area (Å²) in [4.78, 5) is 16.8. The molecular formula is C26H20Cl2N4O. The number of halogens is 2. The molecule has 7 heteroatoms. The van der Waals surface area contributed by atoms with E-state index in [0.717, 1.165) is 39.1 Å². The van der Waals surface area contributed by atoms with Gasteiger partial charge in [0.2, 0.25) is 5.91 Å². The molecule has 3 aromatic carbocycles. The maximum Gasteiger partial charge on any atom is 0.240 e. The first-order valence-electron chi connectivity index (χ1n) is 10.5. The van der Waals surface area contributed by atoms with Gasteiger partial charge < -0.3 is 5.32 Å². The van der Waals surface area contributed by atoms with E-state index < -0.39 is 0 Å². The van der Waals surface area contributed by atoms with Gasteiger partial charge in [-0.3, -0.25) is 9.78 Å². The quantitative estimate of drug-likeness (QED) is 0.346. The molecule has 1 amide bonds. The highest BCUT2D eigenvalue weighted by Gasteiger charge is 2.31. The zero-order valence-corrected chi connectivity index (χ0v) is 19.3. The molecule has 4 aromatic rings. The molecule has 0 fully saturated rings. The number of fused-ring (bicyclic) bond motifs is 1. The van der Waals surface area contributed by atoms with E-state index in [2.05, 4.69) is 21.5 Å². The molecule has 0 spiro atoms. The second-order valence-corrected chi connectivity index (χ2v) is 8.78. The number of hydrogen-bond acceptors (Lipinski definition) is 4. The lowest BCUT2D eigenvalue weighted by Crippen LogP contribution is -2.24. The normalized spacial score (nSPS) is 15.5. The lowest BCUT2D eigenvalue weighted by atomic mass is 9.98. The summed E-state index contributed by atoms with van der Waals surface area (Å²) in [6.45, 7) is 1.54. The van der Waals surface area contributed by atoms with Crippen molar-refractivity contribution in [1.82, 2.24) is 9.99 Å². The van der Waals surface area contributed by atoms with Crippen molar-refractivity contribution in [2.75, 3.05) is 5.32 Å². The van der Waals surface area contributed by atoms with Crippen LogP contribution >= 0.6 is 23.2 Å². The van der Waals surface area contributed by atoms with Gasteiger partial charge in [0.05, 0.1) is 17.3 Å². The van der Waals surface area contributed by atoms with E-state index in [1.165, 1.54) is 6.92 Å². The fraction of sp³-hybridized carbons (Fsp3) is 0.115. The van der Waals surface area contributed by atoms with E-state index >= 15 is 0 Å². The summed E-state index contributed by atoms with van der Waals surface area (Å²) in [6.07, 6.45) is 2.38. The summed E-state index contributed by atoms with van der Waals surface area (Å²) in [5.74, 6) is -0.0978. The van der Waals surface area contributed by atoms with Crippen molar-refractivity contribution < 1.29 is 4.79 Å². The van der Waals surface area contributed by atoms with Crippen LogP contribution in [0.15, 0.2) is 84.1 Å². The van der Waals surface area contributed by atoms with E-state index in [-0.39, 0.29) is 11.9 Å². The van der Waals surface area contributed by atoms with Crippen molar-refractivity contribution in [1.29, 1.82) is 0 Å². The van der Waals surface area contributed by atoms with Crippen LogP contribution < -0.4 is 5.32 Å². The summed E-state index contributed by atoms with van der Waals surface area (Å²) in [7, 11) is 0. The van der Waals surface area contributed by atoms with Gasteiger partial charge in [-0.1, -0.05) is 47.5 Å². The van der Waals surface area contributed by atoms with Gasteiger partial charge in [0, 0.05) is 46.3 Å². The minimum absolute atomic E-state index is 0.0978. The Labute approximate surface area is 201 Å². The Morgan fingerprint density at radius 2 is 1.79 bits per heavy atom. The molecule has 1 N–H and O–H groups in total. The molecule has 2 heterocycles. The number of pyridine rings is 1. The van der Waals surface area contributed by atoms with Crippen molar-refractivity contribution in [2.24, 2.45) is 5.10 Å². The Morgan fingerprint density at radius 3 is 2.58 bits per heavy atom. The molecule has 0 radical (unpaired) electrons. The van der Waals surface area contributed by atoms with Crippen molar-refractivity contribution in [3.63, 3.8) is 0 Å². The van der Waals surface area contributed by atoms with Crippen LogP contribution in [-0.4, -0.2) is 21.6 Å². The summed E-state index contributed by atoms with van der Waals surface area (Å²) < 4.78 is 0. The third-order valence-corrected chi connectivity index (χ3v) is 6.15. The number of carbonyl (C=O) groups is 1. The van der Waals surface area contributed by atoms with Crippen LogP contribution in [0, 0.1) is 0 Å². The molecule has 5 rings (SSSR count). The molecule has 5 nitrogen and oxygen atoms in total. The number of anilines is 2. The molecule has 1 atom stereocenters. The van der Waals surface area contributed by atoms with Crippen LogP contribution in [0.3, 0.4) is 0 Å². The van der Waals surface area contributed by atoms with Crippen LogP contribution in [-0.2, 0) is 4.79 Å². The largest absolute Gasteiger partial charge is 0.355 e. The summed E-state index contributed by atoms with van der Waals surface area (Å²) in [5, 5.41) is 12.0. The maximum atomic E-state index is 12.4. The third kappa shape index (κ3) is 4.42. The zero-order chi connectivity index (χ0) is 22.9. The fourth-order valence-electron chi connectivity index (χ4n) is 4.09. The number of benzene rings is 3. The van der Waals surface area contributed by atoms with E-state index in [1.54, 1.807) is 11.2 Å². The molecule has 164 valence electrons. The van der Waals surface area contributed by atoms with Crippen molar-refractivity contribution in [3.8, 4) is 0 Å². The lowest BCUT2D eigenvalue weighted by molar-refractivity contribution is -0.130. The molecule has 33 heavy (non-hydrogen) atoms. The number of nitrogens with zero attached hydrogens (tertiary/aromatic N) is 3. The van der Waals surface area contributed by atoms with Crippen molar-refractivity contribution >= 4 is 57.1 Å². The minimum atomic E-state index is -0.178. The topological polar surface area (TPSA) is 57.6 Å². The van der Waals surface area contributed by atoms with E-state index in [1.807, 2.05) is 66.7 Å². The third-order valence-electron chi connectivity index (χ3n) is 5.67. The van der Waals surface area contributed by atoms with Gasteiger partial charge >= 0.3 is 0 Å². The van der Waals surface area contributed by atoms with Gasteiger partial charge in [0.15, 0.2) is 0 Å². The number of hydrogen-bond donors (Lipinski definition) is 1. The molecule has 1 unspecified atom stereocenters. The second kappa shape index (κ2) is 8.85. The molecule has 0 aliphatic carbocycles. The van der Waals surface area contributed by atoms with Gasteiger partial charge in [-0.15, -0.1) is 0 Å². The van der Waals surface area contributed by atoms with Crippen molar-refractivity contribution in [2.45, 2.75) is 19.4 Å². The Kier molecular flexibility index (Phi) is 5.75. The highest BCUT2D eigenvalue weighted by molar-refractivity contribution is 6.31. The standard InChI is InChI=1S/C26H20Cl2N4O/c1-16(33)32-26(15-24(31-32)17-5-7-19(27)8-6-17)18-3-2-4-21(13-18)30-23-11-12-29-25-14-20(28)9-10-22(23)25/h2-14,26H,15H2,1H3,(H,29,30). The van der Waals surface area contributed by atoms with Gasteiger partial charge in [0.25, 0.3) is 0 Å². The van der Waals surface area contributed by atoms with Gasteiger partial charge in [-0.05, 0) is 59.7 Å². The van der Waals surface area contributed by atoms with Crippen LogP contribution in [0.5, 0.6) is 0 Å². The summed E-state index contributed by atoms with van der Waals surface area (Å²) in [5.41, 5.74) is 5.50. The van der Waals surface area contributed by atoms with Crippen LogP contribution in [0.4, 0.5) is 11.4 Å². The molecule has 0 saturated carbocycles. The number of amides is 1. The maximum absolute atomic E-state index is 12.4. The molecular weight excluding hydrogens is 455 g/mol. The summed E-state index contributed by atoms with van der Waals surface area (Å²) in [6, 6.07) is 23.0. The van der Waals surface area contributed by atoms with E-state index in [9.17, 15) is 4.79 Å². The highest BCUT2D eigenvalue weighted by Crippen LogP contribution is 2.35. The van der Waals surface area contributed by atoms with Gasteiger partial charge in [-0.25, -0.2) is 5.01 Å². The average Bonchev–Trinajstić information content (AvgIpc) is 3.26. The first-order chi connectivity index (χ1) is 16.0. The van der Waals surface area contributed by atoms with Crippen molar-refractivity contribution in [3.05, 3.63) is 100 Å². The predicted molar refractivity (Wildman–Crippen MR) is 134 cm³/mol. The second-order valence-electron chi connectivity index (χ2n) is 7.91. The number of nitrogens with one attached hydrogen (secondary N) is 1. The SMILES string of the molecule is CC(=O)N1N=C(c2ccc(Cl)cc2)CC1c1cccc(Nc2ccnc3cc(Cl)ccc23)c1. The predicted octanol–water partition coefficient (Wildman–Crippen LogP) is 6.98. The number of rotatable bonds is 4. The monoisotopic (exact) mass is 474 g/mol. The first kappa shape index (κ1) is 21.4. The summed E-state index contributed by atoms with van der Waals surface area (Å²) >= 11 is 12.1. The fourth-order valence-corrected chi connectivity index (χ4v) is 4.38. The average molecular weight is 475 g/mol. The minimum Gasteiger partial charge on any atom is -0.355 e. The van der Waals surface area contributed by atoms with Crippen LogP contribution in [0.2, 0.25) is 10.0 Å². The number of aromatic nitrogens is 1. The number of hydrazone groups is 1. The smallest absolute Gasteiger partial charge is 0.240 e. The molecule has 0 bridgehead atoms. The molecule has 1 aliphatic rings. The molecule has 1 aromatic heterocycles. The van der Waals surface area contributed by atoms with E-state index in [4.69, 9.17) is 23.2 Å². The number of carbonyl (C=O) groups excluding carboxylic acids is 1. The Morgan fingerprint density at radius 1 is 1.00 bits per heavy atom. The highest BCUT2D eigenvalue weighted by atomic mass is 35.5. The Hall–Kier alpha value is -3.41. The molecule has 1 aliphatic heterocycles. The van der Waals surface area contributed by atoms with Crippen LogP contribution in [0.25, 0.3) is 10.9 Å². The van der Waals surface area contributed by atoms with Crippen LogP contribution in [0.1, 0.15) is 30.5 Å². The van der Waals surface area contributed by atoms with Gasteiger partial charge in [0.1, 0.15) is 0 Å². The van der Waals surface area contributed by atoms with E-state index in [0.29, 0.717) is 16.5 Å². The lowest BCUT2D eigenvalue weighted by Gasteiger charge is -2.21. The zero-order valence-electron chi connectivity index (χ0n) is 17.8. The Bertz CT molecular complexity index is 1380. The Balaban J connectivity index is 1.44. The molecule has 0 saturated heterocycles.